The van der Waals surface area contributed by atoms with Crippen molar-refractivity contribution in [2.75, 3.05) is 19.8 Å². The summed E-state index contributed by atoms with van der Waals surface area (Å²) >= 11 is 0. The quantitative estimate of drug-likeness (QED) is 0.679. The van der Waals surface area contributed by atoms with E-state index in [1.807, 2.05) is 0 Å². The highest BCUT2D eigenvalue weighted by Crippen LogP contribution is 2.29. The predicted octanol–water partition coefficient (Wildman–Crippen LogP) is -0.196. The Morgan fingerprint density at radius 1 is 1.67 bits per heavy atom. The summed E-state index contributed by atoms with van der Waals surface area (Å²) in [7, 11) is 0. The standard InChI is InChI=1S/C10H16N2O3/c1-8(13)6-12-9(14)10(7-11)2-4-15-5-3-10/h8,13H,2-6H2,1H3,(H,12,14)/t8-/m1/s1. The van der Waals surface area contributed by atoms with Gasteiger partial charge in [-0.05, 0) is 19.8 Å². The summed E-state index contributed by atoms with van der Waals surface area (Å²) in [4.78, 5) is 11.8. The third kappa shape index (κ3) is 2.91. The van der Waals surface area contributed by atoms with Gasteiger partial charge in [0.1, 0.15) is 5.41 Å². The topological polar surface area (TPSA) is 82.4 Å². The Morgan fingerprint density at radius 3 is 2.73 bits per heavy atom. The number of nitrogens with zero attached hydrogens (tertiary/aromatic N) is 1. The minimum atomic E-state index is -0.965. The van der Waals surface area contributed by atoms with Gasteiger partial charge < -0.3 is 15.2 Å². The number of aliphatic hydroxyl groups excluding tert-OH is 1. The molecule has 0 aromatic rings. The van der Waals surface area contributed by atoms with E-state index < -0.39 is 11.5 Å². The second kappa shape index (κ2) is 5.10. The highest BCUT2D eigenvalue weighted by atomic mass is 16.5. The van der Waals surface area contributed by atoms with Gasteiger partial charge in [-0.2, -0.15) is 5.26 Å². The van der Waals surface area contributed by atoms with Crippen molar-refractivity contribution < 1.29 is 14.6 Å². The van der Waals surface area contributed by atoms with E-state index >= 15 is 0 Å². The van der Waals surface area contributed by atoms with Crippen LogP contribution in [0.2, 0.25) is 0 Å². The fourth-order valence-corrected chi connectivity index (χ4v) is 1.52. The number of carbonyl (C=O) groups is 1. The first-order valence-corrected chi connectivity index (χ1v) is 5.06. The number of ether oxygens (including phenoxy) is 1. The van der Waals surface area contributed by atoms with E-state index in [-0.39, 0.29) is 12.5 Å². The van der Waals surface area contributed by atoms with Crippen molar-refractivity contribution in [2.45, 2.75) is 25.9 Å². The lowest BCUT2D eigenvalue weighted by Crippen LogP contribution is -2.45. The Morgan fingerprint density at radius 2 is 2.27 bits per heavy atom. The summed E-state index contributed by atoms with van der Waals surface area (Å²) in [6, 6.07) is 2.07. The third-order valence-corrected chi connectivity index (χ3v) is 2.55. The van der Waals surface area contributed by atoms with E-state index in [4.69, 9.17) is 15.1 Å². The molecule has 84 valence electrons. The van der Waals surface area contributed by atoms with Gasteiger partial charge >= 0.3 is 0 Å². The Balaban J connectivity index is 2.57. The van der Waals surface area contributed by atoms with Crippen LogP contribution in [0.3, 0.4) is 0 Å². The van der Waals surface area contributed by atoms with Gasteiger partial charge in [0.05, 0.1) is 12.2 Å². The molecule has 1 rings (SSSR count). The van der Waals surface area contributed by atoms with Gasteiger partial charge in [0.2, 0.25) is 5.91 Å². The molecule has 0 saturated carbocycles. The molecule has 1 saturated heterocycles. The molecule has 1 amide bonds. The highest BCUT2D eigenvalue weighted by Gasteiger charge is 2.40. The van der Waals surface area contributed by atoms with Crippen LogP contribution >= 0.6 is 0 Å². The lowest BCUT2D eigenvalue weighted by atomic mass is 9.81. The summed E-state index contributed by atoms with van der Waals surface area (Å²) in [6.07, 6.45) is 0.258. The van der Waals surface area contributed by atoms with Crippen LogP contribution in [0.15, 0.2) is 0 Å². The van der Waals surface area contributed by atoms with Gasteiger partial charge in [0.25, 0.3) is 0 Å². The minimum Gasteiger partial charge on any atom is -0.392 e. The first-order chi connectivity index (χ1) is 7.10. The lowest BCUT2D eigenvalue weighted by Gasteiger charge is -2.29. The van der Waals surface area contributed by atoms with Crippen LogP contribution in [0.4, 0.5) is 0 Å². The summed E-state index contributed by atoms with van der Waals surface area (Å²) < 4.78 is 5.12. The number of aliphatic hydroxyl groups is 1. The van der Waals surface area contributed by atoms with Crippen molar-refractivity contribution in [1.29, 1.82) is 5.26 Å². The van der Waals surface area contributed by atoms with Crippen LogP contribution in [0.1, 0.15) is 19.8 Å². The molecular formula is C10H16N2O3. The lowest BCUT2D eigenvalue weighted by molar-refractivity contribution is -0.132. The van der Waals surface area contributed by atoms with Crippen molar-refractivity contribution in [3.8, 4) is 6.07 Å². The summed E-state index contributed by atoms with van der Waals surface area (Å²) in [6.45, 7) is 2.65. The average molecular weight is 212 g/mol. The maximum atomic E-state index is 11.8. The van der Waals surface area contributed by atoms with Crippen molar-refractivity contribution in [3.63, 3.8) is 0 Å². The van der Waals surface area contributed by atoms with Crippen molar-refractivity contribution in [2.24, 2.45) is 5.41 Å². The van der Waals surface area contributed by atoms with Crippen molar-refractivity contribution in [1.82, 2.24) is 5.32 Å². The highest BCUT2D eigenvalue weighted by molar-refractivity contribution is 5.85. The number of nitriles is 1. The number of hydrogen-bond acceptors (Lipinski definition) is 4. The maximum absolute atomic E-state index is 11.8. The Kier molecular flexibility index (Phi) is 4.06. The van der Waals surface area contributed by atoms with Crippen LogP contribution < -0.4 is 5.32 Å². The molecule has 0 spiro atoms. The molecular weight excluding hydrogens is 196 g/mol. The monoisotopic (exact) mass is 212 g/mol. The molecule has 0 radical (unpaired) electrons. The Labute approximate surface area is 89.0 Å². The van der Waals surface area contributed by atoms with Crippen LogP contribution in [0.5, 0.6) is 0 Å². The minimum absolute atomic E-state index is 0.184. The van der Waals surface area contributed by atoms with Crippen LogP contribution in [-0.2, 0) is 9.53 Å². The van der Waals surface area contributed by atoms with Gasteiger partial charge in [-0.15, -0.1) is 0 Å². The molecule has 5 nitrogen and oxygen atoms in total. The normalized spacial score (nSPS) is 21.4. The third-order valence-electron chi connectivity index (χ3n) is 2.55. The molecule has 1 aliphatic rings. The fourth-order valence-electron chi connectivity index (χ4n) is 1.52. The zero-order valence-electron chi connectivity index (χ0n) is 8.82. The first-order valence-electron chi connectivity index (χ1n) is 5.06. The molecule has 0 unspecified atom stereocenters. The molecule has 5 heteroatoms. The molecule has 0 aromatic carbocycles. The van der Waals surface area contributed by atoms with Gasteiger partial charge in [0.15, 0.2) is 0 Å². The number of rotatable bonds is 3. The molecule has 0 aliphatic carbocycles. The summed E-state index contributed by atoms with van der Waals surface area (Å²) in [5.41, 5.74) is -0.965. The average Bonchev–Trinajstić information content (AvgIpc) is 2.26. The van der Waals surface area contributed by atoms with Crippen LogP contribution in [0.25, 0.3) is 0 Å². The molecule has 1 aliphatic heterocycles. The SMILES string of the molecule is C[C@@H](O)CNC(=O)C1(C#N)CCOCC1. The summed E-state index contributed by atoms with van der Waals surface area (Å²) in [5.74, 6) is -0.297. The molecule has 0 aromatic heterocycles. The van der Waals surface area contributed by atoms with Crippen LogP contribution in [-0.4, -0.2) is 36.9 Å². The van der Waals surface area contributed by atoms with E-state index in [0.717, 1.165) is 0 Å². The number of carbonyl (C=O) groups excluding carboxylic acids is 1. The second-order valence-electron chi connectivity index (χ2n) is 3.87. The van der Waals surface area contributed by atoms with E-state index in [1.54, 1.807) is 6.92 Å². The zero-order chi connectivity index (χ0) is 11.3. The van der Waals surface area contributed by atoms with Gasteiger partial charge in [-0.3, -0.25) is 4.79 Å². The predicted molar refractivity (Wildman–Crippen MR) is 52.8 cm³/mol. The van der Waals surface area contributed by atoms with Crippen molar-refractivity contribution >= 4 is 5.91 Å². The van der Waals surface area contributed by atoms with Gasteiger partial charge in [-0.1, -0.05) is 0 Å². The molecule has 0 bridgehead atoms. The van der Waals surface area contributed by atoms with Crippen LogP contribution in [0, 0.1) is 16.7 Å². The van der Waals surface area contributed by atoms with Gasteiger partial charge in [-0.25, -0.2) is 0 Å². The molecule has 1 fully saturated rings. The maximum Gasteiger partial charge on any atom is 0.240 e. The second-order valence-corrected chi connectivity index (χ2v) is 3.87. The number of hydrogen-bond donors (Lipinski definition) is 2. The molecule has 15 heavy (non-hydrogen) atoms. The van der Waals surface area contributed by atoms with Crippen molar-refractivity contribution in [3.05, 3.63) is 0 Å². The molecule has 1 heterocycles. The molecule has 1 atom stereocenters. The summed E-state index contributed by atoms with van der Waals surface area (Å²) in [5, 5.41) is 20.7. The largest absolute Gasteiger partial charge is 0.392 e. The van der Waals surface area contributed by atoms with Gasteiger partial charge in [0, 0.05) is 19.8 Å². The number of amides is 1. The van der Waals surface area contributed by atoms with E-state index in [0.29, 0.717) is 26.1 Å². The Hall–Kier alpha value is -1.12. The van der Waals surface area contributed by atoms with E-state index in [1.165, 1.54) is 0 Å². The van der Waals surface area contributed by atoms with E-state index in [9.17, 15) is 4.79 Å². The molecule has 2 N–H and O–H groups in total. The zero-order valence-corrected chi connectivity index (χ0v) is 8.82. The number of nitrogens with one attached hydrogen (secondary N) is 1. The first kappa shape index (κ1) is 12.0. The van der Waals surface area contributed by atoms with E-state index in [2.05, 4.69) is 11.4 Å². The fraction of sp³-hybridized carbons (Fsp3) is 0.800. The Bertz CT molecular complexity index is 264. The smallest absolute Gasteiger partial charge is 0.240 e.